The van der Waals surface area contributed by atoms with Gasteiger partial charge in [-0.1, -0.05) is 6.08 Å². The molecule has 0 heterocycles. The van der Waals surface area contributed by atoms with E-state index in [9.17, 15) is 9.59 Å². The quantitative estimate of drug-likeness (QED) is 0.748. The summed E-state index contributed by atoms with van der Waals surface area (Å²) >= 11 is 0. The minimum absolute atomic E-state index is 0.0689. The van der Waals surface area contributed by atoms with Crippen LogP contribution in [-0.2, 0) is 4.79 Å². The van der Waals surface area contributed by atoms with Gasteiger partial charge in [-0.3, -0.25) is 9.59 Å². The maximum Gasteiger partial charge on any atom is 0.305 e. The number of hydrogen-bond acceptors (Lipinski definition) is 3. The molecule has 0 aliphatic heterocycles. The van der Waals surface area contributed by atoms with E-state index in [4.69, 9.17) is 9.84 Å². The Bertz CT molecular complexity index is 494. The van der Waals surface area contributed by atoms with E-state index in [-0.39, 0.29) is 25.0 Å². The summed E-state index contributed by atoms with van der Waals surface area (Å²) in [6.07, 6.45) is 1.56. The molecule has 0 fully saturated rings. The standard InChI is InChI=1S/C16H21NO4/c1-4-10-17(11-9-15(18)19)16(20)13-5-7-14(8-6-13)21-12(2)3/h4-8,12H,1,9-11H2,2-3H3,(H,18,19). The van der Waals surface area contributed by atoms with E-state index in [1.165, 1.54) is 4.90 Å². The van der Waals surface area contributed by atoms with Crippen LogP contribution in [0.4, 0.5) is 0 Å². The number of carboxylic acid groups (broad SMARTS) is 1. The summed E-state index contributed by atoms with van der Waals surface area (Å²) < 4.78 is 5.52. The van der Waals surface area contributed by atoms with E-state index in [0.717, 1.165) is 0 Å². The van der Waals surface area contributed by atoms with Crippen LogP contribution in [-0.4, -0.2) is 41.1 Å². The Kier molecular flexibility index (Phi) is 6.46. The van der Waals surface area contributed by atoms with Crippen LogP contribution >= 0.6 is 0 Å². The number of carboxylic acids is 1. The van der Waals surface area contributed by atoms with E-state index in [1.807, 2.05) is 13.8 Å². The lowest BCUT2D eigenvalue weighted by Gasteiger charge is -2.20. The van der Waals surface area contributed by atoms with Crippen molar-refractivity contribution >= 4 is 11.9 Å². The second-order valence-electron chi connectivity index (χ2n) is 4.87. The molecule has 0 aliphatic carbocycles. The minimum Gasteiger partial charge on any atom is -0.491 e. The first kappa shape index (κ1) is 16.8. The number of ether oxygens (including phenoxy) is 1. The van der Waals surface area contributed by atoms with Gasteiger partial charge in [-0.2, -0.15) is 0 Å². The maximum absolute atomic E-state index is 12.3. The monoisotopic (exact) mass is 291 g/mol. The number of hydrogen-bond donors (Lipinski definition) is 1. The summed E-state index contributed by atoms with van der Waals surface area (Å²) in [4.78, 5) is 24.4. The summed E-state index contributed by atoms with van der Waals surface area (Å²) in [5.41, 5.74) is 0.498. The van der Waals surface area contributed by atoms with Crippen LogP contribution in [0.3, 0.4) is 0 Å². The van der Waals surface area contributed by atoms with Crippen molar-refractivity contribution in [3.63, 3.8) is 0 Å². The lowest BCUT2D eigenvalue weighted by Crippen LogP contribution is -2.33. The SMILES string of the molecule is C=CCN(CCC(=O)O)C(=O)c1ccc(OC(C)C)cc1. The highest BCUT2D eigenvalue weighted by Gasteiger charge is 2.15. The molecule has 0 bridgehead atoms. The van der Waals surface area contributed by atoms with Crippen molar-refractivity contribution in [2.75, 3.05) is 13.1 Å². The van der Waals surface area contributed by atoms with E-state index in [2.05, 4.69) is 6.58 Å². The zero-order valence-electron chi connectivity index (χ0n) is 12.4. The molecule has 1 amide bonds. The second kappa shape index (κ2) is 8.09. The Morgan fingerprint density at radius 1 is 1.33 bits per heavy atom. The Labute approximate surface area is 124 Å². The van der Waals surface area contributed by atoms with Crippen LogP contribution in [0.15, 0.2) is 36.9 Å². The van der Waals surface area contributed by atoms with Crippen LogP contribution in [0.1, 0.15) is 30.6 Å². The number of rotatable bonds is 8. The van der Waals surface area contributed by atoms with Gasteiger partial charge in [-0.15, -0.1) is 6.58 Å². The van der Waals surface area contributed by atoms with Gasteiger partial charge < -0.3 is 14.7 Å². The van der Waals surface area contributed by atoms with Crippen molar-refractivity contribution in [1.82, 2.24) is 4.90 Å². The number of benzene rings is 1. The number of amides is 1. The molecule has 1 aromatic carbocycles. The predicted molar refractivity (Wildman–Crippen MR) is 80.6 cm³/mol. The zero-order valence-corrected chi connectivity index (χ0v) is 12.4. The van der Waals surface area contributed by atoms with Crippen LogP contribution in [0, 0.1) is 0 Å². The lowest BCUT2D eigenvalue weighted by molar-refractivity contribution is -0.137. The van der Waals surface area contributed by atoms with Crippen molar-refractivity contribution < 1.29 is 19.4 Å². The van der Waals surface area contributed by atoms with Crippen molar-refractivity contribution in [2.45, 2.75) is 26.4 Å². The van der Waals surface area contributed by atoms with E-state index in [0.29, 0.717) is 17.9 Å². The number of carbonyl (C=O) groups is 2. The summed E-state index contributed by atoms with van der Waals surface area (Å²) in [7, 11) is 0. The van der Waals surface area contributed by atoms with Crippen molar-refractivity contribution in [1.29, 1.82) is 0 Å². The Morgan fingerprint density at radius 3 is 2.43 bits per heavy atom. The lowest BCUT2D eigenvalue weighted by atomic mass is 10.2. The third kappa shape index (κ3) is 5.69. The van der Waals surface area contributed by atoms with Gasteiger partial charge in [0, 0.05) is 18.7 Å². The first-order valence-corrected chi connectivity index (χ1v) is 6.82. The predicted octanol–water partition coefficient (Wildman–Crippen LogP) is 2.58. The molecular weight excluding hydrogens is 270 g/mol. The Balaban J connectivity index is 2.77. The van der Waals surface area contributed by atoms with E-state index in [1.54, 1.807) is 30.3 Å². The third-order valence-electron chi connectivity index (χ3n) is 2.71. The van der Waals surface area contributed by atoms with Gasteiger partial charge in [0.2, 0.25) is 0 Å². The molecule has 0 radical (unpaired) electrons. The molecule has 0 saturated heterocycles. The normalized spacial score (nSPS) is 10.2. The Morgan fingerprint density at radius 2 is 1.95 bits per heavy atom. The fraction of sp³-hybridized carbons (Fsp3) is 0.375. The highest BCUT2D eigenvalue weighted by molar-refractivity contribution is 5.94. The van der Waals surface area contributed by atoms with E-state index < -0.39 is 5.97 Å². The average molecular weight is 291 g/mol. The highest BCUT2D eigenvalue weighted by atomic mass is 16.5. The third-order valence-corrected chi connectivity index (χ3v) is 2.71. The van der Waals surface area contributed by atoms with Gasteiger partial charge in [0.05, 0.1) is 12.5 Å². The molecule has 1 N–H and O–H groups in total. The molecule has 0 unspecified atom stereocenters. The summed E-state index contributed by atoms with van der Waals surface area (Å²) in [5, 5.41) is 8.72. The van der Waals surface area contributed by atoms with Crippen LogP contribution < -0.4 is 4.74 Å². The van der Waals surface area contributed by atoms with Crippen molar-refractivity contribution in [3.05, 3.63) is 42.5 Å². The first-order valence-electron chi connectivity index (χ1n) is 6.82. The molecule has 0 atom stereocenters. The topological polar surface area (TPSA) is 66.8 Å². The maximum atomic E-state index is 12.3. The second-order valence-corrected chi connectivity index (χ2v) is 4.87. The summed E-state index contributed by atoms with van der Waals surface area (Å²) in [5.74, 6) is -0.452. The molecule has 5 nitrogen and oxygen atoms in total. The summed E-state index contributed by atoms with van der Waals surface area (Å²) in [6.45, 7) is 7.92. The molecule has 0 spiro atoms. The fourth-order valence-electron chi connectivity index (χ4n) is 1.79. The average Bonchev–Trinajstić information content (AvgIpc) is 2.42. The number of carbonyl (C=O) groups excluding carboxylic acids is 1. The minimum atomic E-state index is -0.933. The van der Waals surface area contributed by atoms with Crippen LogP contribution in [0.2, 0.25) is 0 Å². The molecule has 1 aromatic rings. The van der Waals surface area contributed by atoms with Gasteiger partial charge in [0.25, 0.3) is 5.91 Å². The van der Waals surface area contributed by atoms with E-state index >= 15 is 0 Å². The molecule has 0 aliphatic rings. The summed E-state index contributed by atoms with van der Waals surface area (Å²) in [6, 6.07) is 6.82. The van der Waals surface area contributed by atoms with Gasteiger partial charge in [0.15, 0.2) is 0 Å². The van der Waals surface area contributed by atoms with Crippen LogP contribution in [0.5, 0.6) is 5.75 Å². The molecule has 114 valence electrons. The van der Waals surface area contributed by atoms with Gasteiger partial charge in [-0.05, 0) is 38.1 Å². The highest BCUT2D eigenvalue weighted by Crippen LogP contribution is 2.15. The number of nitrogens with zero attached hydrogens (tertiary/aromatic N) is 1. The van der Waals surface area contributed by atoms with Gasteiger partial charge >= 0.3 is 5.97 Å². The first-order chi connectivity index (χ1) is 9.93. The Hall–Kier alpha value is -2.30. The molecule has 5 heteroatoms. The van der Waals surface area contributed by atoms with Gasteiger partial charge in [-0.25, -0.2) is 0 Å². The molecule has 1 rings (SSSR count). The zero-order chi connectivity index (χ0) is 15.8. The molecular formula is C16H21NO4. The fourth-order valence-corrected chi connectivity index (χ4v) is 1.79. The van der Waals surface area contributed by atoms with Crippen molar-refractivity contribution in [2.24, 2.45) is 0 Å². The van der Waals surface area contributed by atoms with Crippen molar-refractivity contribution in [3.8, 4) is 5.75 Å². The largest absolute Gasteiger partial charge is 0.491 e. The molecule has 21 heavy (non-hydrogen) atoms. The molecule has 0 saturated carbocycles. The van der Waals surface area contributed by atoms with Crippen LogP contribution in [0.25, 0.3) is 0 Å². The molecule has 0 aromatic heterocycles. The number of aliphatic carboxylic acids is 1. The van der Waals surface area contributed by atoms with Gasteiger partial charge in [0.1, 0.15) is 5.75 Å². The smallest absolute Gasteiger partial charge is 0.305 e.